The van der Waals surface area contributed by atoms with Crippen molar-refractivity contribution in [3.8, 4) is 11.4 Å². The van der Waals surface area contributed by atoms with Gasteiger partial charge in [-0.1, -0.05) is 0 Å². The van der Waals surface area contributed by atoms with Gasteiger partial charge in [-0.25, -0.2) is 9.97 Å². The molecule has 132 valence electrons. The van der Waals surface area contributed by atoms with Gasteiger partial charge in [0.1, 0.15) is 5.69 Å². The predicted molar refractivity (Wildman–Crippen MR) is 96.4 cm³/mol. The molecule has 7 heteroatoms. The molecule has 7 nitrogen and oxygen atoms in total. The second-order valence-electron chi connectivity index (χ2n) is 6.54. The second-order valence-corrected chi connectivity index (χ2v) is 6.54. The summed E-state index contributed by atoms with van der Waals surface area (Å²) in [5.41, 5.74) is 4.32. The number of carbonyl (C=O) groups is 1. The van der Waals surface area contributed by atoms with Crippen molar-refractivity contribution >= 4 is 5.91 Å². The van der Waals surface area contributed by atoms with Crippen LogP contribution in [0.15, 0.2) is 36.8 Å². The van der Waals surface area contributed by atoms with Crippen molar-refractivity contribution in [1.82, 2.24) is 30.0 Å². The minimum absolute atomic E-state index is 0.0833. The van der Waals surface area contributed by atoms with E-state index in [0.29, 0.717) is 11.5 Å². The molecule has 0 fully saturated rings. The Balaban J connectivity index is 1.58. The average Bonchev–Trinajstić information content (AvgIpc) is 3.01. The molecule has 3 aromatic rings. The van der Waals surface area contributed by atoms with Gasteiger partial charge in [-0.3, -0.25) is 14.5 Å². The Morgan fingerprint density at radius 2 is 2.12 bits per heavy atom. The van der Waals surface area contributed by atoms with Crippen LogP contribution in [0.25, 0.3) is 11.4 Å². The van der Waals surface area contributed by atoms with E-state index in [9.17, 15) is 4.79 Å². The van der Waals surface area contributed by atoms with Gasteiger partial charge in [0.15, 0.2) is 5.82 Å². The van der Waals surface area contributed by atoms with Crippen molar-refractivity contribution in [2.75, 3.05) is 0 Å². The molecule has 1 atom stereocenters. The quantitative estimate of drug-likeness (QED) is 0.785. The highest BCUT2D eigenvalue weighted by Crippen LogP contribution is 2.29. The number of carbonyl (C=O) groups excluding carboxylic acids is 1. The highest BCUT2D eigenvalue weighted by molar-refractivity contribution is 5.92. The molecule has 3 aromatic heterocycles. The van der Waals surface area contributed by atoms with Crippen LogP contribution in [0.1, 0.15) is 46.3 Å². The van der Waals surface area contributed by atoms with Crippen LogP contribution in [0.5, 0.6) is 0 Å². The van der Waals surface area contributed by atoms with Gasteiger partial charge >= 0.3 is 0 Å². The average molecular weight is 348 g/mol. The SMILES string of the molecule is Cc1cc(C(=O)N[C@H]2CCCc3nc(-c4ccncc4)ncc32)nn1C. The molecule has 1 aliphatic carbocycles. The lowest BCUT2D eigenvalue weighted by Gasteiger charge is -2.25. The van der Waals surface area contributed by atoms with E-state index in [2.05, 4.69) is 20.4 Å². The minimum atomic E-state index is -0.162. The number of aryl methyl sites for hydroxylation is 3. The molecule has 4 rings (SSSR count). The van der Waals surface area contributed by atoms with Gasteiger partial charge in [0, 0.05) is 48.2 Å². The molecule has 1 aliphatic rings. The molecule has 0 saturated heterocycles. The number of nitrogens with one attached hydrogen (secondary N) is 1. The molecule has 0 spiro atoms. The summed E-state index contributed by atoms with van der Waals surface area (Å²) in [6, 6.07) is 5.50. The van der Waals surface area contributed by atoms with Crippen LogP contribution < -0.4 is 5.32 Å². The minimum Gasteiger partial charge on any atom is -0.344 e. The standard InChI is InChI=1S/C19H20N6O/c1-12-10-17(24-25(12)2)19(26)23-16-5-3-4-15-14(16)11-21-18(22-15)13-6-8-20-9-7-13/h6-11,16H,3-5H2,1-2H3,(H,23,26)/t16-/m0/s1. The number of hydrogen-bond acceptors (Lipinski definition) is 5. The highest BCUT2D eigenvalue weighted by Gasteiger charge is 2.25. The van der Waals surface area contributed by atoms with E-state index in [1.807, 2.05) is 32.3 Å². The van der Waals surface area contributed by atoms with Crippen LogP contribution in [-0.2, 0) is 13.5 Å². The van der Waals surface area contributed by atoms with E-state index in [-0.39, 0.29) is 11.9 Å². The first-order valence-corrected chi connectivity index (χ1v) is 8.69. The first-order chi connectivity index (χ1) is 12.6. The smallest absolute Gasteiger partial charge is 0.272 e. The van der Waals surface area contributed by atoms with Crippen molar-refractivity contribution in [3.05, 3.63) is 59.4 Å². The Bertz CT molecular complexity index is 930. The molecule has 26 heavy (non-hydrogen) atoms. The van der Waals surface area contributed by atoms with Crippen LogP contribution in [-0.4, -0.2) is 30.6 Å². The molecule has 0 radical (unpaired) electrons. The van der Waals surface area contributed by atoms with Gasteiger partial charge in [-0.2, -0.15) is 5.10 Å². The Morgan fingerprint density at radius 1 is 1.31 bits per heavy atom. The van der Waals surface area contributed by atoms with Gasteiger partial charge in [0.05, 0.1) is 6.04 Å². The maximum Gasteiger partial charge on any atom is 0.272 e. The topological polar surface area (TPSA) is 85.6 Å². The first kappa shape index (κ1) is 16.4. The summed E-state index contributed by atoms with van der Waals surface area (Å²) in [5.74, 6) is 0.531. The molecule has 0 aromatic carbocycles. The van der Waals surface area contributed by atoms with Gasteiger partial charge in [0.25, 0.3) is 5.91 Å². The number of pyridine rings is 1. The maximum absolute atomic E-state index is 12.5. The summed E-state index contributed by atoms with van der Waals surface area (Å²) < 4.78 is 1.70. The lowest BCUT2D eigenvalue weighted by Crippen LogP contribution is -2.32. The van der Waals surface area contributed by atoms with Crippen molar-refractivity contribution in [3.63, 3.8) is 0 Å². The third kappa shape index (κ3) is 3.08. The molecular formula is C19H20N6O. The summed E-state index contributed by atoms with van der Waals surface area (Å²) in [4.78, 5) is 25.8. The van der Waals surface area contributed by atoms with Crippen molar-refractivity contribution in [2.45, 2.75) is 32.2 Å². The Labute approximate surface area is 151 Å². The number of aromatic nitrogens is 5. The number of amides is 1. The predicted octanol–water partition coefficient (Wildman–Crippen LogP) is 2.39. The normalized spacial score (nSPS) is 16.2. The summed E-state index contributed by atoms with van der Waals surface area (Å²) in [6.07, 6.45) is 8.05. The summed E-state index contributed by atoms with van der Waals surface area (Å²) in [5, 5.41) is 7.34. The fraction of sp³-hybridized carbons (Fsp3) is 0.316. The fourth-order valence-electron chi connectivity index (χ4n) is 3.24. The summed E-state index contributed by atoms with van der Waals surface area (Å²) in [6.45, 7) is 1.92. The Hall–Kier alpha value is -3.09. The summed E-state index contributed by atoms with van der Waals surface area (Å²) >= 11 is 0. The third-order valence-electron chi connectivity index (χ3n) is 4.77. The zero-order valence-corrected chi connectivity index (χ0v) is 14.8. The van der Waals surface area contributed by atoms with Crippen LogP contribution in [0, 0.1) is 6.92 Å². The van der Waals surface area contributed by atoms with E-state index in [0.717, 1.165) is 41.8 Å². The number of hydrogen-bond donors (Lipinski definition) is 1. The van der Waals surface area contributed by atoms with E-state index in [1.165, 1.54) is 0 Å². The molecular weight excluding hydrogens is 328 g/mol. The van der Waals surface area contributed by atoms with E-state index in [1.54, 1.807) is 23.1 Å². The van der Waals surface area contributed by atoms with Gasteiger partial charge in [-0.05, 0) is 44.4 Å². The summed E-state index contributed by atoms with van der Waals surface area (Å²) in [7, 11) is 1.83. The molecule has 0 bridgehead atoms. The highest BCUT2D eigenvalue weighted by atomic mass is 16.2. The second kappa shape index (κ2) is 6.67. The maximum atomic E-state index is 12.5. The number of nitrogens with zero attached hydrogens (tertiary/aromatic N) is 5. The Morgan fingerprint density at radius 3 is 2.85 bits per heavy atom. The van der Waals surface area contributed by atoms with Crippen LogP contribution >= 0.6 is 0 Å². The molecule has 0 aliphatic heterocycles. The number of fused-ring (bicyclic) bond motifs is 1. The zero-order valence-electron chi connectivity index (χ0n) is 14.8. The van der Waals surface area contributed by atoms with E-state index in [4.69, 9.17) is 4.98 Å². The monoisotopic (exact) mass is 348 g/mol. The first-order valence-electron chi connectivity index (χ1n) is 8.69. The molecule has 1 amide bonds. The van der Waals surface area contributed by atoms with E-state index < -0.39 is 0 Å². The van der Waals surface area contributed by atoms with Gasteiger partial charge in [-0.15, -0.1) is 0 Å². The van der Waals surface area contributed by atoms with Crippen molar-refractivity contribution in [2.24, 2.45) is 7.05 Å². The van der Waals surface area contributed by atoms with Crippen molar-refractivity contribution < 1.29 is 4.79 Å². The van der Waals surface area contributed by atoms with E-state index >= 15 is 0 Å². The van der Waals surface area contributed by atoms with Gasteiger partial charge in [0.2, 0.25) is 0 Å². The molecule has 0 saturated carbocycles. The largest absolute Gasteiger partial charge is 0.344 e. The third-order valence-corrected chi connectivity index (χ3v) is 4.77. The number of rotatable bonds is 3. The lowest BCUT2D eigenvalue weighted by atomic mass is 9.92. The molecule has 3 heterocycles. The lowest BCUT2D eigenvalue weighted by molar-refractivity contribution is 0.0926. The van der Waals surface area contributed by atoms with Gasteiger partial charge < -0.3 is 5.32 Å². The zero-order chi connectivity index (χ0) is 18.1. The Kier molecular flexibility index (Phi) is 4.20. The van der Waals surface area contributed by atoms with Crippen LogP contribution in [0.4, 0.5) is 0 Å². The van der Waals surface area contributed by atoms with Crippen LogP contribution in [0.2, 0.25) is 0 Å². The molecule has 1 N–H and O–H groups in total. The van der Waals surface area contributed by atoms with Crippen LogP contribution in [0.3, 0.4) is 0 Å². The fourth-order valence-corrected chi connectivity index (χ4v) is 3.24. The molecule has 0 unspecified atom stereocenters. The van der Waals surface area contributed by atoms with Crippen molar-refractivity contribution in [1.29, 1.82) is 0 Å².